The predicted molar refractivity (Wildman–Crippen MR) is 93.8 cm³/mol. The van der Waals surface area contributed by atoms with Gasteiger partial charge >= 0.3 is 6.03 Å². The van der Waals surface area contributed by atoms with Crippen molar-refractivity contribution in [3.05, 3.63) is 29.8 Å². The van der Waals surface area contributed by atoms with Crippen LogP contribution in [-0.2, 0) is 10.0 Å². The van der Waals surface area contributed by atoms with Crippen molar-refractivity contribution >= 4 is 22.0 Å². The SMILES string of the molecule is CC(C)(C)NS(=O)(=O)c1ccc(C(=O)NCCN2CCNC2=O)cc1. The van der Waals surface area contributed by atoms with Gasteiger partial charge in [-0.1, -0.05) is 0 Å². The van der Waals surface area contributed by atoms with Gasteiger partial charge in [0.2, 0.25) is 10.0 Å². The first kappa shape index (κ1) is 19.2. The van der Waals surface area contributed by atoms with Crippen LogP contribution in [0.2, 0.25) is 0 Å². The van der Waals surface area contributed by atoms with E-state index in [4.69, 9.17) is 0 Å². The third-order valence-electron chi connectivity index (χ3n) is 3.48. The van der Waals surface area contributed by atoms with Crippen LogP contribution in [-0.4, -0.2) is 57.0 Å². The molecule has 2 rings (SSSR count). The van der Waals surface area contributed by atoms with Crippen LogP contribution in [0.4, 0.5) is 4.79 Å². The Labute approximate surface area is 148 Å². The lowest BCUT2D eigenvalue weighted by molar-refractivity contribution is 0.0950. The van der Waals surface area contributed by atoms with Gasteiger partial charge in [-0.05, 0) is 45.0 Å². The second kappa shape index (κ2) is 7.40. The molecule has 0 unspecified atom stereocenters. The summed E-state index contributed by atoms with van der Waals surface area (Å²) < 4.78 is 27.0. The van der Waals surface area contributed by atoms with Gasteiger partial charge in [0.05, 0.1) is 4.90 Å². The molecular formula is C16H24N4O4S. The quantitative estimate of drug-likeness (QED) is 0.680. The summed E-state index contributed by atoms with van der Waals surface area (Å²) in [5, 5.41) is 5.40. The first-order chi connectivity index (χ1) is 11.6. The van der Waals surface area contributed by atoms with Gasteiger partial charge in [0.25, 0.3) is 5.91 Å². The summed E-state index contributed by atoms with van der Waals surface area (Å²) in [6.07, 6.45) is 0. The normalized spacial score (nSPS) is 15.2. The molecule has 1 aromatic carbocycles. The molecule has 3 N–H and O–H groups in total. The van der Waals surface area contributed by atoms with Crippen molar-refractivity contribution in [3.8, 4) is 0 Å². The number of nitrogens with one attached hydrogen (secondary N) is 3. The van der Waals surface area contributed by atoms with Gasteiger partial charge in [0.1, 0.15) is 0 Å². The lowest BCUT2D eigenvalue weighted by Crippen LogP contribution is -2.40. The fraction of sp³-hybridized carbons (Fsp3) is 0.500. The van der Waals surface area contributed by atoms with E-state index in [1.165, 1.54) is 24.3 Å². The van der Waals surface area contributed by atoms with Crippen LogP contribution in [0.25, 0.3) is 0 Å². The molecule has 8 nitrogen and oxygen atoms in total. The van der Waals surface area contributed by atoms with Gasteiger partial charge < -0.3 is 15.5 Å². The number of sulfonamides is 1. The molecule has 0 bridgehead atoms. The molecule has 1 fully saturated rings. The van der Waals surface area contributed by atoms with Crippen molar-refractivity contribution in [3.63, 3.8) is 0 Å². The molecule has 0 saturated carbocycles. The number of urea groups is 1. The Morgan fingerprint density at radius 2 is 1.88 bits per heavy atom. The van der Waals surface area contributed by atoms with E-state index in [-0.39, 0.29) is 16.8 Å². The number of rotatable bonds is 6. The van der Waals surface area contributed by atoms with E-state index in [1.54, 1.807) is 25.7 Å². The predicted octanol–water partition coefficient (Wildman–Crippen LogP) is 0.518. The highest BCUT2D eigenvalue weighted by molar-refractivity contribution is 7.89. The molecule has 25 heavy (non-hydrogen) atoms. The van der Waals surface area contributed by atoms with Crippen LogP contribution in [0.5, 0.6) is 0 Å². The summed E-state index contributed by atoms with van der Waals surface area (Å²) in [6.45, 7) is 7.28. The molecule has 9 heteroatoms. The number of amides is 3. The summed E-state index contributed by atoms with van der Waals surface area (Å²) in [7, 11) is -3.63. The minimum absolute atomic E-state index is 0.104. The molecule has 0 atom stereocenters. The number of hydrogen-bond donors (Lipinski definition) is 3. The molecule has 138 valence electrons. The molecule has 1 aromatic rings. The van der Waals surface area contributed by atoms with Crippen LogP contribution >= 0.6 is 0 Å². The highest BCUT2D eigenvalue weighted by atomic mass is 32.2. The minimum Gasteiger partial charge on any atom is -0.350 e. The Bertz CT molecular complexity index is 738. The van der Waals surface area contributed by atoms with Gasteiger partial charge in [-0.15, -0.1) is 0 Å². The van der Waals surface area contributed by atoms with Crippen LogP contribution in [0.15, 0.2) is 29.2 Å². The molecule has 0 spiro atoms. The first-order valence-electron chi connectivity index (χ1n) is 8.03. The zero-order chi connectivity index (χ0) is 18.7. The summed E-state index contributed by atoms with van der Waals surface area (Å²) >= 11 is 0. The third-order valence-corrected chi connectivity index (χ3v) is 5.25. The summed E-state index contributed by atoms with van der Waals surface area (Å²) in [6, 6.07) is 5.60. The average molecular weight is 368 g/mol. The Kier molecular flexibility index (Phi) is 5.69. The number of hydrogen-bond acceptors (Lipinski definition) is 4. The lowest BCUT2D eigenvalue weighted by atomic mass is 10.1. The number of carbonyl (C=O) groups excluding carboxylic acids is 2. The Hall–Kier alpha value is -2.13. The molecule has 1 saturated heterocycles. The van der Waals surface area contributed by atoms with Crippen molar-refractivity contribution in [2.75, 3.05) is 26.2 Å². The van der Waals surface area contributed by atoms with Gasteiger partial charge in [0.15, 0.2) is 0 Å². The van der Waals surface area contributed by atoms with E-state index in [0.29, 0.717) is 31.7 Å². The summed E-state index contributed by atoms with van der Waals surface area (Å²) in [5.41, 5.74) is -0.225. The molecule has 1 aliphatic heterocycles. The maximum atomic E-state index is 12.2. The van der Waals surface area contributed by atoms with Gasteiger partial charge in [-0.2, -0.15) is 0 Å². The van der Waals surface area contributed by atoms with Crippen LogP contribution in [0, 0.1) is 0 Å². The average Bonchev–Trinajstić information content (AvgIpc) is 2.90. The number of carbonyl (C=O) groups is 2. The largest absolute Gasteiger partial charge is 0.350 e. The smallest absolute Gasteiger partial charge is 0.317 e. The summed E-state index contributed by atoms with van der Waals surface area (Å²) in [5.74, 6) is -0.313. The van der Waals surface area contributed by atoms with E-state index in [2.05, 4.69) is 15.4 Å². The Balaban J connectivity index is 1.92. The monoisotopic (exact) mass is 368 g/mol. The fourth-order valence-electron chi connectivity index (χ4n) is 2.38. The first-order valence-corrected chi connectivity index (χ1v) is 9.52. The van der Waals surface area contributed by atoms with Gasteiger partial charge in [0, 0.05) is 37.3 Å². The molecule has 0 radical (unpaired) electrons. The van der Waals surface area contributed by atoms with Crippen LogP contribution in [0.1, 0.15) is 31.1 Å². The number of nitrogens with zero attached hydrogens (tertiary/aromatic N) is 1. The topological polar surface area (TPSA) is 108 Å². The Morgan fingerprint density at radius 3 is 2.40 bits per heavy atom. The second-order valence-electron chi connectivity index (χ2n) is 6.85. The maximum absolute atomic E-state index is 12.2. The second-order valence-corrected chi connectivity index (χ2v) is 8.54. The molecule has 1 heterocycles. The standard InChI is InChI=1S/C16H24N4O4S/c1-16(2,3)19-25(23,24)13-6-4-12(5-7-13)14(21)17-8-10-20-11-9-18-15(20)22/h4-7,19H,8-11H2,1-3H3,(H,17,21)(H,18,22). The van der Waals surface area contributed by atoms with Crippen molar-refractivity contribution < 1.29 is 18.0 Å². The van der Waals surface area contributed by atoms with Gasteiger partial charge in [-0.3, -0.25) is 4.79 Å². The molecular weight excluding hydrogens is 344 g/mol. The van der Waals surface area contributed by atoms with E-state index < -0.39 is 15.6 Å². The van der Waals surface area contributed by atoms with Gasteiger partial charge in [-0.25, -0.2) is 17.9 Å². The highest BCUT2D eigenvalue weighted by Gasteiger charge is 2.22. The molecule has 0 aromatic heterocycles. The van der Waals surface area contributed by atoms with Crippen molar-refractivity contribution in [2.24, 2.45) is 0 Å². The Morgan fingerprint density at radius 1 is 1.24 bits per heavy atom. The van der Waals surface area contributed by atoms with Crippen molar-refractivity contribution in [1.82, 2.24) is 20.3 Å². The van der Waals surface area contributed by atoms with Crippen molar-refractivity contribution in [2.45, 2.75) is 31.2 Å². The molecule has 0 aliphatic carbocycles. The molecule has 3 amide bonds. The fourth-order valence-corrected chi connectivity index (χ4v) is 3.80. The van der Waals surface area contributed by atoms with E-state index in [0.717, 1.165) is 0 Å². The minimum atomic E-state index is -3.63. The number of benzene rings is 1. The van der Waals surface area contributed by atoms with Crippen LogP contribution in [0.3, 0.4) is 0 Å². The zero-order valence-corrected chi connectivity index (χ0v) is 15.4. The molecule has 1 aliphatic rings. The van der Waals surface area contributed by atoms with E-state index >= 15 is 0 Å². The van der Waals surface area contributed by atoms with E-state index in [9.17, 15) is 18.0 Å². The third kappa shape index (κ3) is 5.43. The van der Waals surface area contributed by atoms with Crippen LogP contribution < -0.4 is 15.4 Å². The zero-order valence-electron chi connectivity index (χ0n) is 14.6. The lowest BCUT2D eigenvalue weighted by Gasteiger charge is -2.20. The summed E-state index contributed by atoms with van der Waals surface area (Å²) in [4.78, 5) is 25.2. The highest BCUT2D eigenvalue weighted by Crippen LogP contribution is 2.14. The maximum Gasteiger partial charge on any atom is 0.317 e. The van der Waals surface area contributed by atoms with Crippen molar-refractivity contribution in [1.29, 1.82) is 0 Å². The van der Waals surface area contributed by atoms with E-state index in [1.807, 2.05) is 0 Å².